The van der Waals surface area contributed by atoms with Gasteiger partial charge in [-0.3, -0.25) is 4.98 Å². The highest BCUT2D eigenvalue weighted by Gasteiger charge is 2.27. The number of aromatic nitrogens is 1. The van der Waals surface area contributed by atoms with Gasteiger partial charge in [-0.05, 0) is 43.2 Å². The van der Waals surface area contributed by atoms with Crippen molar-refractivity contribution in [1.29, 1.82) is 0 Å². The Kier molecular flexibility index (Phi) is 4.58. The zero-order valence-electron chi connectivity index (χ0n) is 12.0. The standard InChI is InChI=1S/C17H22N2S/c1-2-10-18-17(15-9-5-12-20-15)14-8-3-6-13-7-4-11-19-16(13)14/h3-4,6-8,11,15,17-18H,2,5,9-10,12H2,1H3. The lowest BCUT2D eigenvalue weighted by Gasteiger charge is -2.25. The molecule has 2 heterocycles. The second-order valence-corrected chi connectivity index (χ2v) is 6.75. The molecular formula is C17H22N2S. The summed E-state index contributed by atoms with van der Waals surface area (Å²) in [6.07, 6.45) is 5.74. The molecule has 1 N–H and O–H groups in total. The molecule has 2 atom stereocenters. The molecule has 2 aromatic rings. The monoisotopic (exact) mass is 286 g/mol. The van der Waals surface area contributed by atoms with Gasteiger partial charge in [0.2, 0.25) is 0 Å². The fourth-order valence-electron chi connectivity index (χ4n) is 2.99. The van der Waals surface area contributed by atoms with Gasteiger partial charge in [0.05, 0.1) is 5.52 Å². The van der Waals surface area contributed by atoms with Crippen LogP contribution in [0.2, 0.25) is 0 Å². The van der Waals surface area contributed by atoms with E-state index in [1.165, 1.54) is 36.0 Å². The van der Waals surface area contributed by atoms with Gasteiger partial charge in [0.15, 0.2) is 0 Å². The lowest BCUT2D eigenvalue weighted by molar-refractivity contribution is 0.505. The average molecular weight is 286 g/mol. The summed E-state index contributed by atoms with van der Waals surface area (Å²) in [5.74, 6) is 1.30. The Balaban J connectivity index is 1.99. The maximum absolute atomic E-state index is 4.63. The Bertz CT molecular complexity index is 558. The summed E-state index contributed by atoms with van der Waals surface area (Å²) < 4.78 is 0. The van der Waals surface area contributed by atoms with Crippen LogP contribution in [0.3, 0.4) is 0 Å². The summed E-state index contributed by atoms with van der Waals surface area (Å²) in [7, 11) is 0. The molecule has 0 bridgehead atoms. The van der Waals surface area contributed by atoms with Crippen molar-refractivity contribution >= 4 is 22.7 Å². The van der Waals surface area contributed by atoms with E-state index in [-0.39, 0.29) is 0 Å². The number of benzene rings is 1. The number of rotatable bonds is 5. The van der Waals surface area contributed by atoms with Crippen LogP contribution < -0.4 is 5.32 Å². The van der Waals surface area contributed by atoms with Gasteiger partial charge in [0, 0.05) is 22.9 Å². The molecule has 1 aromatic heterocycles. The first kappa shape index (κ1) is 13.9. The SMILES string of the molecule is CCCNC(c1cccc2cccnc12)C1CCCS1. The normalized spacial score (nSPS) is 20.4. The number of nitrogens with one attached hydrogen (secondary N) is 1. The van der Waals surface area contributed by atoms with E-state index in [4.69, 9.17) is 0 Å². The molecule has 2 unspecified atom stereocenters. The van der Waals surface area contributed by atoms with Crippen molar-refractivity contribution in [3.05, 3.63) is 42.1 Å². The van der Waals surface area contributed by atoms with Crippen molar-refractivity contribution in [2.75, 3.05) is 12.3 Å². The molecule has 0 radical (unpaired) electrons. The van der Waals surface area contributed by atoms with Crippen LogP contribution in [0.4, 0.5) is 0 Å². The Labute approximate surface area is 125 Å². The van der Waals surface area contributed by atoms with Crippen LogP contribution in [0.25, 0.3) is 10.9 Å². The number of hydrogen-bond donors (Lipinski definition) is 1. The van der Waals surface area contributed by atoms with E-state index in [0.29, 0.717) is 11.3 Å². The van der Waals surface area contributed by atoms with Crippen molar-refractivity contribution in [3.8, 4) is 0 Å². The molecule has 0 aliphatic carbocycles. The molecule has 0 spiro atoms. The zero-order valence-corrected chi connectivity index (χ0v) is 12.8. The van der Waals surface area contributed by atoms with E-state index >= 15 is 0 Å². The summed E-state index contributed by atoms with van der Waals surface area (Å²) in [4.78, 5) is 4.63. The minimum Gasteiger partial charge on any atom is -0.309 e. The van der Waals surface area contributed by atoms with Crippen LogP contribution in [0.5, 0.6) is 0 Å². The molecule has 106 valence electrons. The van der Waals surface area contributed by atoms with Crippen molar-refractivity contribution in [1.82, 2.24) is 10.3 Å². The van der Waals surface area contributed by atoms with Crippen LogP contribution >= 0.6 is 11.8 Å². The fraction of sp³-hybridized carbons (Fsp3) is 0.471. The van der Waals surface area contributed by atoms with E-state index in [2.05, 4.69) is 53.3 Å². The Morgan fingerprint density at radius 1 is 1.35 bits per heavy atom. The van der Waals surface area contributed by atoms with E-state index in [1.807, 2.05) is 12.3 Å². The highest BCUT2D eigenvalue weighted by atomic mass is 32.2. The number of para-hydroxylation sites is 1. The number of pyridine rings is 1. The van der Waals surface area contributed by atoms with Crippen LogP contribution in [0, 0.1) is 0 Å². The van der Waals surface area contributed by atoms with E-state index in [0.717, 1.165) is 12.1 Å². The molecule has 1 aromatic carbocycles. The first-order valence-corrected chi connectivity index (χ1v) is 8.63. The zero-order chi connectivity index (χ0) is 13.8. The second kappa shape index (κ2) is 6.59. The van der Waals surface area contributed by atoms with Gasteiger partial charge >= 0.3 is 0 Å². The quantitative estimate of drug-likeness (QED) is 0.893. The highest BCUT2D eigenvalue weighted by molar-refractivity contribution is 8.00. The lowest BCUT2D eigenvalue weighted by atomic mass is 9.97. The topological polar surface area (TPSA) is 24.9 Å². The van der Waals surface area contributed by atoms with E-state index in [1.54, 1.807) is 0 Å². The average Bonchev–Trinajstić information content (AvgIpc) is 3.02. The molecule has 3 heteroatoms. The predicted octanol–water partition coefficient (Wildman–Crippen LogP) is 4.17. The molecule has 3 rings (SSSR count). The first-order chi connectivity index (χ1) is 9.90. The number of hydrogen-bond acceptors (Lipinski definition) is 3. The van der Waals surface area contributed by atoms with E-state index in [9.17, 15) is 0 Å². The molecule has 2 nitrogen and oxygen atoms in total. The maximum Gasteiger partial charge on any atom is 0.0750 e. The first-order valence-electron chi connectivity index (χ1n) is 7.59. The summed E-state index contributed by atoms with van der Waals surface area (Å²) in [6, 6.07) is 11.2. The highest BCUT2D eigenvalue weighted by Crippen LogP contribution is 2.37. The van der Waals surface area contributed by atoms with Gasteiger partial charge in [-0.2, -0.15) is 11.8 Å². The van der Waals surface area contributed by atoms with Gasteiger partial charge in [-0.1, -0.05) is 31.2 Å². The lowest BCUT2D eigenvalue weighted by Crippen LogP contribution is -2.30. The minimum atomic E-state index is 0.432. The third-order valence-electron chi connectivity index (χ3n) is 3.95. The third kappa shape index (κ3) is 2.84. The molecule has 0 saturated carbocycles. The molecule has 1 saturated heterocycles. The summed E-state index contributed by atoms with van der Waals surface area (Å²) in [5, 5.41) is 5.69. The Hall–Kier alpha value is -1.06. The van der Waals surface area contributed by atoms with Crippen molar-refractivity contribution in [3.63, 3.8) is 0 Å². The van der Waals surface area contributed by atoms with Gasteiger partial charge in [-0.15, -0.1) is 0 Å². The van der Waals surface area contributed by atoms with E-state index < -0.39 is 0 Å². The second-order valence-electron chi connectivity index (χ2n) is 5.41. The van der Waals surface area contributed by atoms with Crippen molar-refractivity contribution in [2.24, 2.45) is 0 Å². The van der Waals surface area contributed by atoms with Crippen LogP contribution in [0.15, 0.2) is 36.5 Å². The summed E-state index contributed by atoms with van der Waals surface area (Å²) >= 11 is 2.11. The molecule has 1 aliphatic heterocycles. The number of nitrogens with zero attached hydrogens (tertiary/aromatic N) is 1. The van der Waals surface area contributed by atoms with Crippen LogP contribution in [-0.4, -0.2) is 22.5 Å². The molecular weight excluding hydrogens is 264 g/mol. The van der Waals surface area contributed by atoms with Gasteiger partial charge in [0.25, 0.3) is 0 Å². The molecule has 1 fully saturated rings. The largest absolute Gasteiger partial charge is 0.309 e. The fourth-order valence-corrected chi connectivity index (χ4v) is 4.39. The summed E-state index contributed by atoms with van der Waals surface area (Å²) in [6.45, 7) is 3.30. The molecule has 0 amide bonds. The van der Waals surface area contributed by atoms with Crippen molar-refractivity contribution < 1.29 is 0 Å². The molecule has 1 aliphatic rings. The van der Waals surface area contributed by atoms with Gasteiger partial charge < -0.3 is 5.32 Å². The van der Waals surface area contributed by atoms with Crippen molar-refractivity contribution in [2.45, 2.75) is 37.5 Å². The molecule has 20 heavy (non-hydrogen) atoms. The van der Waals surface area contributed by atoms with Crippen LogP contribution in [-0.2, 0) is 0 Å². The van der Waals surface area contributed by atoms with Crippen LogP contribution in [0.1, 0.15) is 37.8 Å². The van der Waals surface area contributed by atoms with Gasteiger partial charge in [-0.25, -0.2) is 0 Å². The third-order valence-corrected chi connectivity index (χ3v) is 5.41. The smallest absolute Gasteiger partial charge is 0.0750 e. The minimum absolute atomic E-state index is 0.432. The number of thioether (sulfide) groups is 1. The maximum atomic E-state index is 4.63. The summed E-state index contributed by atoms with van der Waals surface area (Å²) in [5.41, 5.74) is 2.53. The Morgan fingerprint density at radius 3 is 3.05 bits per heavy atom. The Morgan fingerprint density at radius 2 is 2.25 bits per heavy atom. The predicted molar refractivity (Wildman–Crippen MR) is 88.3 cm³/mol. The number of fused-ring (bicyclic) bond motifs is 1. The van der Waals surface area contributed by atoms with Gasteiger partial charge in [0.1, 0.15) is 0 Å².